The number of nitro benzene ring substituents is 1. The average Bonchev–Trinajstić information content (AvgIpc) is 2.16. The predicted molar refractivity (Wildman–Crippen MR) is 49.9 cm³/mol. The highest BCUT2D eigenvalue weighted by Gasteiger charge is 2.17. The highest BCUT2D eigenvalue weighted by molar-refractivity contribution is 5.81. The number of aldehydes is 1. The molecule has 0 atom stereocenters. The number of nitro groups is 1. The Kier molecular flexibility index (Phi) is 3.49. The van der Waals surface area contributed by atoms with E-state index in [2.05, 4.69) is 4.74 Å². The van der Waals surface area contributed by atoms with E-state index in [0.29, 0.717) is 0 Å². The summed E-state index contributed by atoms with van der Waals surface area (Å²) in [6, 6.07) is 1.94. The van der Waals surface area contributed by atoms with Gasteiger partial charge >= 0.3 is 6.61 Å². The summed E-state index contributed by atoms with van der Waals surface area (Å²) in [5, 5.41) is 10.5. The number of alkyl halides is 2. The van der Waals surface area contributed by atoms with Gasteiger partial charge in [0.25, 0.3) is 5.69 Å². The van der Waals surface area contributed by atoms with Crippen molar-refractivity contribution in [3.8, 4) is 5.75 Å². The minimum absolute atomic E-state index is 0.145. The van der Waals surface area contributed by atoms with Crippen LogP contribution in [-0.2, 0) is 0 Å². The summed E-state index contributed by atoms with van der Waals surface area (Å²) < 4.78 is 28.0. The van der Waals surface area contributed by atoms with Crippen molar-refractivity contribution in [2.75, 3.05) is 0 Å². The van der Waals surface area contributed by atoms with E-state index < -0.39 is 11.5 Å². The second kappa shape index (κ2) is 4.65. The Hall–Kier alpha value is -2.05. The third-order valence-corrected chi connectivity index (χ3v) is 1.87. The number of hydrogen-bond acceptors (Lipinski definition) is 4. The Bertz CT molecular complexity index is 434. The topological polar surface area (TPSA) is 69.4 Å². The maximum absolute atomic E-state index is 12.0. The molecule has 0 aliphatic heterocycles. The molecule has 0 fully saturated rings. The van der Waals surface area contributed by atoms with Gasteiger partial charge in [-0.2, -0.15) is 8.78 Å². The van der Waals surface area contributed by atoms with Crippen LogP contribution >= 0.6 is 0 Å². The Morgan fingerprint density at radius 1 is 1.50 bits per heavy atom. The molecule has 0 aliphatic carbocycles. The van der Waals surface area contributed by atoms with Crippen molar-refractivity contribution in [3.05, 3.63) is 33.4 Å². The molecule has 0 unspecified atom stereocenters. The van der Waals surface area contributed by atoms with Crippen molar-refractivity contribution in [1.29, 1.82) is 0 Å². The van der Waals surface area contributed by atoms with Gasteiger partial charge in [0, 0.05) is 11.6 Å². The van der Waals surface area contributed by atoms with Crippen molar-refractivity contribution in [3.63, 3.8) is 0 Å². The summed E-state index contributed by atoms with van der Waals surface area (Å²) in [6.45, 7) is -1.72. The maximum Gasteiger partial charge on any atom is 0.387 e. The molecule has 1 aromatic carbocycles. The maximum atomic E-state index is 12.0. The normalized spacial score (nSPS) is 10.2. The van der Waals surface area contributed by atoms with Crippen LogP contribution in [0.2, 0.25) is 0 Å². The lowest BCUT2D eigenvalue weighted by Gasteiger charge is -2.08. The fraction of sp³-hybridized carbons (Fsp3) is 0.222. The minimum atomic E-state index is -3.08. The molecular formula is C9H7F2NO4. The lowest BCUT2D eigenvalue weighted by Crippen LogP contribution is -2.05. The predicted octanol–water partition coefficient (Wildman–Crippen LogP) is 2.32. The Morgan fingerprint density at radius 2 is 2.12 bits per heavy atom. The highest BCUT2D eigenvalue weighted by atomic mass is 19.3. The van der Waals surface area contributed by atoms with Gasteiger partial charge in [-0.25, -0.2) is 0 Å². The van der Waals surface area contributed by atoms with Crippen LogP contribution in [0.25, 0.3) is 0 Å². The Labute approximate surface area is 88.8 Å². The second-order valence-electron chi connectivity index (χ2n) is 2.93. The first-order valence-electron chi connectivity index (χ1n) is 4.14. The smallest absolute Gasteiger partial charge is 0.387 e. The number of aryl methyl sites for hydroxylation is 1. The molecule has 0 saturated heterocycles. The third kappa shape index (κ3) is 2.50. The molecular weight excluding hydrogens is 224 g/mol. The van der Waals surface area contributed by atoms with Gasteiger partial charge in [-0.1, -0.05) is 0 Å². The lowest BCUT2D eigenvalue weighted by atomic mass is 10.1. The number of benzene rings is 1. The quantitative estimate of drug-likeness (QED) is 0.453. The lowest BCUT2D eigenvalue weighted by molar-refractivity contribution is -0.385. The van der Waals surface area contributed by atoms with Gasteiger partial charge < -0.3 is 4.74 Å². The summed E-state index contributed by atoms with van der Waals surface area (Å²) in [7, 11) is 0. The Balaban J connectivity index is 3.26. The molecule has 0 amide bonds. The first-order valence-corrected chi connectivity index (χ1v) is 4.14. The summed E-state index contributed by atoms with van der Waals surface area (Å²) >= 11 is 0. The van der Waals surface area contributed by atoms with E-state index in [1.54, 1.807) is 0 Å². The number of carbonyl (C=O) groups excluding carboxylic acids is 1. The molecule has 0 N–H and O–H groups in total. The van der Waals surface area contributed by atoms with Gasteiger partial charge in [0.2, 0.25) is 0 Å². The van der Waals surface area contributed by atoms with Crippen LogP contribution in [0.4, 0.5) is 14.5 Å². The van der Waals surface area contributed by atoms with Crippen molar-refractivity contribution >= 4 is 12.0 Å². The third-order valence-electron chi connectivity index (χ3n) is 1.87. The van der Waals surface area contributed by atoms with Crippen LogP contribution in [0.5, 0.6) is 5.75 Å². The average molecular weight is 231 g/mol. The molecule has 1 rings (SSSR count). The first kappa shape index (κ1) is 12.0. The molecule has 0 bridgehead atoms. The number of ether oxygens (including phenoxy) is 1. The monoisotopic (exact) mass is 231 g/mol. The van der Waals surface area contributed by atoms with Gasteiger partial charge in [-0.05, 0) is 13.0 Å². The molecule has 7 heteroatoms. The standard InChI is InChI=1S/C9H7F2NO4/c1-5-2-8(16-9(10)11)6(4-13)3-7(5)12(14)15/h2-4,9H,1H3. The molecule has 0 heterocycles. The van der Waals surface area contributed by atoms with E-state index >= 15 is 0 Å². The fourth-order valence-electron chi connectivity index (χ4n) is 1.17. The van der Waals surface area contributed by atoms with E-state index in [1.165, 1.54) is 6.92 Å². The number of hydrogen-bond donors (Lipinski definition) is 0. The molecule has 0 spiro atoms. The first-order chi connectivity index (χ1) is 7.45. The molecule has 1 aromatic rings. The highest BCUT2D eigenvalue weighted by Crippen LogP contribution is 2.28. The number of nitrogens with zero attached hydrogens (tertiary/aromatic N) is 1. The number of halogens is 2. The van der Waals surface area contributed by atoms with Gasteiger partial charge in [0.05, 0.1) is 10.5 Å². The van der Waals surface area contributed by atoms with Crippen LogP contribution in [0.15, 0.2) is 12.1 Å². The molecule has 0 saturated carbocycles. The minimum Gasteiger partial charge on any atom is -0.434 e. The van der Waals surface area contributed by atoms with E-state index in [4.69, 9.17) is 0 Å². The molecule has 0 aromatic heterocycles. The zero-order valence-electron chi connectivity index (χ0n) is 8.15. The van der Waals surface area contributed by atoms with Gasteiger partial charge in [-0.3, -0.25) is 14.9 Å². The van der Waals surface area contributed by atoms with E-state index in [-0.39, 0.29) is 28.8 Å². The summed E-state index contributed by atoms with van der Waals surface area (Å²) in [4.78, 5) is 20.4. The molecule has 0 aliphatic rings. The second-order valence-corrected chi connectivity index (χ2v) is 2.93. The summed E-state index contributed by atoms with van der Waals surface area (Å²) in [6.07, 6.45) is 0.226. The SMILES string of the molecule is Cc1cc(OC(F)F)c(C=O)cc1[N+](=O)[O-]. The van der Waals surface area contributed by atoms with Crippen LogP contribution in [-0.4, -0.2) is 17.8 Å². The fourth-order valence-corrected chi connectivity index (χ4v) is 1.17. The molecule has 16 heavy (non-hydrogen) atoms. The number of carbonyl (C=O) groups is 1. The van der Waals surface area contributed by atoms with Crippen LogP contribution in [0, 0.1) is 17.0 Å². The zero-order valence-corrected chi connectivity index (χ0v) is 8.15. The summed E-state index contributed by atoms with van der Waals surface area (Å²) in [5.41, 5.74) is -0.451. The van der Waals surface area contributed by atoms with E-state index in [1.807, 2.05) is 0 Å². The Morgan fingerprint density at radius 3 is 2.56 bits per heavy atom. The van der Waals surface area contributed by atoms with Crippen LogP contribution < -0.4 is 4.74 Å². The van der Waals surface area contributed by atoms with Crippen LogP contribution in [0.3, 0.4) is 0 Å². The molecule has 86 valence electrons. The van der Waals surface area contributed by atoms with Gasteiger partial charge in [0.1, 0.15) is 5.75 Å². The largest absolute Gasteiger partial charge is 0.434 e. The van der Waals surface area contributed by atoms with Crippen molar-refractivity contribution < 1.29 is 23.2 Å². The van der Waals surface area contributed by atoms with Crippen molar-refractivity contribution in [1.82, 2.24) is 0 Å². The van der Waals surface area contributed by atoms with E-state index in [9.17, 15) is 23.7 Å². The number of rotatable bonds is 4. The van der Waals surface area contributed by atoms with Gasteiger partial charge in [0.15, 0.2) is 6.29 Å². The molecule has 0 radical (unpaired) electrons. The van der Waals surface area contributed by atoms with Crippen molar-refractivity contribution in [2.45, 2.75) is 13.5 Å². The van der Waals surface area contributed by atoms with Crippen LogP contribution in [0.1, 0.15) is 15.9 Å². The molecule has 5 nitrogen and oxygen atoms in total. The van der Waals surface area contributed by atoms with Gasteiger partial charge in [-0.15, -0.1) is 0 Å². The zero-order chi connectivity index (χ0) is 12.3. The van der Waals surface area contributed by atoms with Crippen molar-refractivity contribution in [2.24, 2.45) is 0 Å². The summed E-state index contributed by atoms with van der Waals surface area (Å²) in [5.74, 6) is -0.367. The van der Waals surface area contributed by atoms with E-state index in [0.717, 1.165) is 12.1 Å².